The fraction of sp³-hybridized carbons (Fsp3) is 0.938. The molecule has 0 fully saturated rings. The Balaban J connectivity index is 5.20. The minimum absolute atomic E-state index is 0.149. The van der Waals surface area contributed by atoms with Crippen LogP contribution in [0.5, 0.6) is 0 Å². The maximum Gasteiger partial charge on any atom is 0.312 e. The molecule has 4 heteroatoms. The maximum absolute atomic E-state index is 13.6. The van der Waals surface area contributed by atoms with E-state index in [0.717, 1.165) is 77.0 Å². The predicted octanol–water partition coefficient (Wildman–Crippen LogP) is 10.1. The highest BCUT2D eigenvalue weighted by atomic mass is 16.5. The quantitative estimate of drug-likeness (QED) is 0.0814. The van der Waals surface area contributed by atoms with Crippen molar-refractivity contribution in [3.05, 3.63) is 0 Å². The van der Waals surface area contributed by atoms with Crippen LogP contribution in [0.4, 0.5) is 0 Å². The van der Waals surface area contributed by atoms with Gasteiger partial charge in [0.05, 0.1) is 25.0 Å². The predicted molar refractivity (Wildman–Crippen MR) is 153 cm³/mol. The van der Waals surface area contributed by atoms with Crippen LogP contribution in [0.3, 0.4) is 0 Å². The Kier molecular flexibility index (Phi) is 24.8. The van der Waals surface area contributed by atoms with Crippen LogP contribution in [0.25, 0.3) is 0 Å². The molecule has 0 aromatic heterocycles. The molecular formula is C32H62O4. The Hall–Kier alpha value is -1.06. The molecular weight excluding hydrogens is 448 g/mol. The zero-order valence-electron chi connectivity index (χ0n) is 24.8. The van der Waals surface area contributed by atoms with Gasteiger partial charge in [-0.15, -0.1) is 0 Å². The molecule has 4 nitrogen and oxygen atoms in total. The van der Waals surface area contributed by atoms with Crippen LogP contribution in [0.1, 0.15) is 175 Å². The molecule has 0 aromatic carbocycles. The highest BCUT2D eigenvalue weighted by Gasteiger charge is 2.41. The van der Waals surface area contributed by atoms with Gasteiger partial charge >= 0.3 is 11.9 Å². The zero-order valence-corrected chi connectivity index (χ0v) is 24.8. The van der Waals surface area contributed by atoms with E-state index in [0.29, 0.717) is 13.2 Å². The normalized spacial score (nSPS) is 11.6. The Labute approximate surface area is 225 Å². The lowest BCUT2D eigenvalue weighted by Crippen LogP contribution is -2.36. The van der Waals surface area contributed by atoms with Crippen molar-refractivity contribution in [2.24, 2.45) is 5.41 Å². The largest absolute Gasteiger partial charge is 0.466 e. The van der Waals surface area contributed by atoms with Crippen LogP contribution in [-0.2, 0) is 19.1 Å². The summed E-state index contributed by atoms with van der Waals surface area (Å²) in [5, 5.41) is 0. The van der Waals surface area contributed by atoms with Crippen LogP contribution in [-0.4, -0.2) is 25.2 Å². The smallest absolute Gasteiger partial charge is 0.312 e. The van der Waals surface area contributed by atoms with Crippen molar-refractivity contribution in [2.45, 2.75) is 175 Å². The SMILES string of the molecule is CCCCCCCCC(CCCCCCCC)(CC(=O)OCCCCCC)C(=O)OCCCCCC. The molecule has 0 saturated carbocycles. The van der Waals surface area contributed by atoms with Crippen LogP contribution in [0, 0.1) is 5.41 Å². The molecule has 0 unspecified atom stereocenters. The molecule has 214 valence electrons. The third-order valence-corrected chi connectivity index (χ3v) is 7.43. The van der Waals surface area contributed by atoms with Gasteiger partial charge in [-0.2, -0.15) is 0 Å². The van der Waals surface area contributed by atoms with Gasteiger partial charge in [-0.3, -0.25) is 9.59 Å². The second kappa shape index (κ2) is 25.6. The van der Waals surface area contributed by atoms with E-state index in [1.54, 1.807) is 0 Å². The van der Waals surface area contributed by atoms with E-state index in [9.17, 15) is 9.59 Å². The summed E-state index contributed by atoms with van der Waals surface area (Å²) < 4.78 is 11.5. The Morgan fingerprint density at radius 3 is 1.28 bits per heavy atom. The molecule has 0 radical (unpaired) electrons. The third kappa shape index (κ3) is 19.1. The molecule has 0 heterocycles. The third-order valence-electron chi connectivity index (χ3n) is 7.43. The van der Waals surface area contributed by atoms with Crippen molar-refractivity contribution in [1.82, 2.24) is 0 Å². The van der Waals surface area contributed by atoms with E-state index in [1.165, 1.54) is 64.2 Å². The van der Waals surface area contributed by atoms with Gasteiger partial charge < -0.3 is 9.47 Å². The lowest BCUT2D eigenvalue weighted by atomic mass is 9.75. The van der Waals surface area contributed by atoms with Crippen molar-refractivity contribution in [3.8, 4) is 0 Å². The van der Waals surface area contributed by atoms with Gasteiger partial charge in [0.2, 0.25) is 0 Å². The molecule has 0 rings (SSSR count). The summed E-state index contributed by atoms with van der Waals surface area (Å²) >= 11 is 0. The van der Waals surface area contributed by atoms with Gasteiger partial charge in [0, 0.05) is 0 Å². The lowest BCUT2D eigenvalue weighted by molar-refractivity contribution is -0.164. The minimum Gasteiger partial charge on any atom is -0.466 e. The Bertz CT molecular complexity index is 486. The molecule has 0 aliphatic heterocycles. The molecule has 0 aliphatic rings. The summed E-state index contributed by atoms with van der Waals surface area (Å²) in [5.74, 6) is -0.365. The van der Waals surface area contributed by atoms with E-state index in [4.69, 9.17) is 9.47 Å². The fourth-order valence-electron chi connectivity index (χ4n) is 4.95. The number of carbonyl (C=O) groups is 2. The van der Waals surface area contributed by atoms with Gasteiger partial charge in [-0.05, 0) is 25.7 Å². The topological polar surface area (TPSA) is 52.6 Å². The van der Waals surface area contributed by atoms with Gasteiger partial charge in [0.1, 0.15) is 0 Å². The molecule has 0 saturated heterocycles. The number of esters is 2. The number of ether oxygens (including phenoxy) is 2. The van der Waals surface area contributed by atoms with Crippen molar-refractivity contribution in [1.29, 1.82) is 0 Å². The number of hydrogen-bond acceptors (Lipinski definition) is 4. The van der Waals surface area contributed by atoms with E-state index >= 15 is 0 Å². The Morgan fingerprint density at radius 2 is 0.833 bits per heavy atom. The Morgan fingerprint density at radius 1 is 0.472 bits per heavy atom. The second-order valence-corrected chi connectivity index (χ2v) is 11.0. The van der Waals surface area contributed by atoms with Gasteiger partial charge in [-0.1, -0.05) is 143 Å². The fourth-order valence-corrected chi connectivity index (χ4v) is 4.95. The van der Waals surface area contributed by atoms with E-state index < -0.39 is 5.41 Å². The number of carbonyl (C=O) groups excluding carboxylic acids is 2. The first-order chi connectivity index (χ1) is 17.6. The average Bonchev–Trinajstić information content (AvgIpc) is 2.87. The van der Waals surface area contributed by atoms with Crippen LogP contribution in [0.15, 0.2) is 0 Å². The first-order valence-corrected chi connectivity index (χ1v) is 15.9. The number of hydrogen-bond donors (Lipinski definition) is 0. The molecule has 0 aromatic rings. The molecule has 0 spiro atoms. The molecule has 0 amide bonds. The van der Waals surface area contributed by atoms with Gasteiger partial charge in [0.15, 0.2) is 0 Å². The highest BCUT2D eigenvalue weighted by Crippen LogP contribution is 2.38. The van der Waals surface area contributed by atoms with E-state index in [2.05, 4.69) is 27.7 Å². The van der Waals surface area contributed by atoms with Gasteiger partial charge in [0.25, 0.3) is 0 Å². The molecule has 0 aliphatic carbocycles. The first kappa shape index (κ1) is 34.9. The lowest BCUT2D eigenvalue weighted by Gasteiger charge is -2.31. The van der Waals surface area contributed by atoms with E-state index in [-0.39, 0.29) is 18.4 Å². The standard InChI is InChI=1S/C32H62O4/c1-5-9-13-17-19-21-25-32(26-22-20-18-14-10-6-2,31(34)36-28-24-16-12-8-4)29-30(33)35-27-23-15-11-7-3/h5-29H2,1-4H3. The number of rotatable bonds is 27. The average molecular weight is 511 g/mol. The van der Waals surface area contributed by atoms with Crippen molar-refractivity contribution in [3.63, 3.8) is 0 Å². The molecule has 36 heavy (non-hydrogen) atoms. The summed E-state index contributed by atoms with van der Waals surface area (Å²) in [5.41, 5.74) is -0.721. The molecule has 0 atom stereocenters. The number of unbranched alkanes of at least 4 members (excludes halogenated alkanes) is 16. The van der Waals surface area contributed by atoms with Crippen LogP contribution < -0.4 is 0 Å². The van der Waals surface area contributed by atoms with Crippen molar-refractivity contribution < 1.29 is 19.1 Å². The van der Waals surface area contributed by atoms with Crippen LogP contribution >= 0.6 is 0 Å². The summed E-state index contributed by atoms with van der Waals surface area (Å²) in [6, 6.07) is 0. The summed E-state index contributed by atoms with van der Waals surface area (Å²) in [6.07, 6.45) is 24.4. The molecule has 0 bridgehead atoms. The van der Waals surface area contributed by atoms with Gasteiger partial charge in [-0.25, -0.2) is 0 Å². The van der Waals surface area contributed by atoms with Crippen molar-refractivity contribution >= 4 is 11.9 Å². The van der Waals surface area contributed by atoms with Crippen molar-refractivity contribution in [2.75, 3.05) is 13.2 Å². The highest BCUT2D eigenvalue weighted by molar-refractivity contribution is 5.83. The first-order valence-electron chi connectivity index (χ1n) is 15.9. The van der Waals surface area contributed by atoms with Crippen LogP contribution in [0.2, 0.25) is 0 Å². The zero-order chi connectivity index (χ0) is 26.7. The monoisotopic (exact) mass is 510 g/mol. The molecule has 0 N–H and O–H groups in total. The maximum atomic E-state index is 13.6. The van der Waals surface area contributed by atoms with E-state index in [1.807, 2.05) is 0 Å². The summed E-state index contributed by atoms with van der Waals surface area (Å²) in [7, 11) is 0. The minimum atomic E-state index is -0.721. The summed E-state index contributed by atoms with van der Waals surface area (Å²) in [4.78, 5) is 26.5. The second-order valence-electron chi connectivity index (χ2n) is 11.0. The summed E-state index contributed by atoms with van der Waals surface area (Å²) in [6.45, 7) is 9.77.